The fourth-order valence-corrected chi connectivity index (χ4v) is 4.63. The number of likely N-dealkylation sites (tertiary alicyclic amines) is 1. The third-order valence-electron chi connectivity index (χ3n) is 6.26. The van der Waals surface area contributed by atoms with Gasteiger partial charge in [0.1, 0.15) is 17.3 Å². The third-order valence-corrected chi connectivity index (χ3v) is 6.26. The molecule has 0 N–H and O–H groups in total. The number of hydrogen-bond acceptors (Lipinski definition) is 4. The molecule has 0 radical (unpaired) electrons. The number of hydrogen-bond donors (Lipinski definition) is 0. The number of rotatable bonds is 5. The second kappa shape index (κ2) is 7.04. The largest absolute Gasteiger partial charge is 0.497 e. The monoisotopic (exact) mass is 370 g/mol. The fourth-order valence-electron chi connectivity index (χ4n) is 4.63. The van der Waals surface area contributed by atoms with Gasteiger partial charge in [-0.15, -0.1) is 0 Å². The molecule has 2 heterocycles. The van der Waals surface area contributed by atoms with Gasteiger partial charge >= 0.3 is 0 Å². The Balaban J connectivity index is 1.49. The molecule has 0 amide bonds. The Kier molecular flexibility index (Phi) is 4.72. The minimum absolute atomic E-state index is 0.150. The molecule has 1 atom stereocenters. The Morgan fingerprint density at radius 2 is 1.81 bits per heavy atom. The van der Waals surface area contributed by atoms with Crippen molar-refractivity contribution in [3.8, 4) is 11.5 Å². The van der Waals surface area contributed by atoms with E-state index >= 15 is 0 Å². The maximum Gasteiger partial charge on any atom is 0.127 e. The lowest BCUT2D eigenvalue weighted by Gasteiger charge is -2.56. The van der Waals surface area contributed by atoms with Crippen molar-refractivity contribution in [1.29, 1.82) is 0 Å². The summed E-state index contributed by atoms with van der Waals surface area (Å²) in [6, 6.07) is 12.9. The van der Waals surface area contributed by atoms with Crippen LogP contribution in [0, 0.1) is 11.7 Å². The van der Waals surface area contributed by atoms with Crippen molar-refractivity contribution in [2.45, 2.75) is 25.4 Å². The van der Waals surface area contributed by atoms with Crippen LogP contribution >= 0.6 is 0 Å². The highest BCUT2D eigenvalue weighted by Crippen LogP contribution is 2.45. The Bertz CT molecular complexity index is 802. The lowest BCUT2D eigenvalue weighted by Crippen LogP contribution is -2.70. The quantitative estimate of drug-likeness (QED) is 0.796. The molecule has 4 rings (SSSR count). The summed E-state index contributed by atoms with van der Waals surface area (Å²) in [4.78, 5) is 4.95. The normalized spacial score (nSPS) is 21.3. The van der Waals surface area contributed by atoms with Crippen molar-refractivity contribution in [2.24, 2.45) is 5.92 Å². The average Bonchev–Trinajstić information content (AvgIpc) is 2.99. The number of ether oxygens (including phenoxy) is 2. The van der Waals surface area contributed by atoms with E-state index in [1.807, 2.05) is 24.3 Å². The standard InChI is InChI=1S/C22H27FN2O2/c1-16-10-11-25(19-7-5-18(23)6-8-19)22(16)14-24(15-22)13-17-4-9-20(26-2)12-21(17)27-3/h4-9,12,16H,10-11,13-15H2,1-3H3. The van der Waals surface area contributed by atoms with Gasteiger partial charge in [0, 0.05) is 43.5 Å². The van der Waals surface area contributed by atoms with Crippen molar-refractivity contribution in [3.63, 3.8) is 0 Å². The zero-order valence-corrected chi connectivity index (χ0v) is 16.2. The maximum absolute atomic E-state index is 13.3. The van der Waals surface area contributed by atoms with Crippen LogP contribution in [0.25, 0.3) is 0 Å². The first-order chi connectivity index (χ1) is 13.1. The molecule has 4 nitrogen and oxygen atoms in total. The van der Waals surface area contributed by atoms with E-state index in [1.54, 1.807) is 26.4 Å². The van der Waals surface area contributed by atoms with Gasteiger partial charge < -0.3 is 14.4 Å². The van der Waals surface area contributed by atoms with Crippen molar-refractivity contribution >= 4 is 5.69 Å². The first-order valence-corrected chi connectivity index (χ1v) is 9.52. The molecule has 27 heavy (non-hydrogen) atoms. The van der Waals surface area contributed by atoms with Gasteiger partial charge in [0.25, 0.3) is 0 Å². The summed E-state index contributed by atoms with van der Waals surface area (Å²) in [5.74, 6) is 2.12. The van der Waals surface area contributed by atoms with Crippen LogP contribution in [0.3, 0.4) is 0 Å². The van der Waals surface area contributed by atoms with E-state index in [9.17, 15) is 4.39 Å². The van der Waals surface area contributed by atoms with Gasteiger partial charge in [0.2, 0.25) is 0 Å². The highest BCUT2D eigenvalue weighted by Gasteiger charge is 2.54. The van der Waals surface area contributed by atoms with Crippen LogP contribution in [0.15, 0.2) is 42.5 Å². The predicted molar refractivity (Wildman–Crippen MR) is 105 cm³/mol. The van der Waals surface area contributed by atoms with E-state index in [1.165, 1.54) is 12.0 Å². The van der Waals surface area contributed by atoms with Crippen LogP contribution < -0.4 is 14.4 Å². The minimum atomic E-state index is -0.179. The van der Waals surface area contributed by atoms with Gasteiger partial charge in [-0.1, -0.05) is 13.0 Å². The summed E-state index contributed by atoms with van der Waals surface area (Å²) >= 11 is 0. The van der Waals surface area contributed by atoms with E-state index in [4.69, 9.17) is 9.47 Å². The summed E-state index contributed by atoms with van der Waals surface area (Å²) in [6.45, 7) is 6.27. The number of halogens is 1. The second-order valence-corrected chi connectivity index (χ2v) is 7.74. The number of anilines is 1. The molecule has 2 aliphatic heterocycles. The smallest absolute Gasteiger partial charge is 0.127 e. The summed E-state index contributed by atoms with van der Waals surface area (Å²) in [5.41, 5.74) is 2.45. The highest BCUT2D eigenvalue weighted by molar-refractivity contribution is 5.52. The summed E-state index contributed by atoms with van der Waals surface area (Å²) in [7, 11) is 3.37. The molecule has 0 bridgehead atoms. The molecule has 2 aromatic carbocycles. The van der Waals surface area contributed by atoms with Gasteiger partial charge in [0.05, 0.1) is 19.8 Å². The molecule has 0 aliphatic carbocycles. The van der Waals surface area contributed by atoms with Crippen molar-refractivity contribution < 1.29 is 13.9 Å². The summed E-state index contributed by atoms with van der Waals surface area (Å²) in [6.07, 6.45) is 1.18. The van der Waals surface area contributed by atoms with Crippen LogP contribution in [0.2, 0.25) is 0 Å². The molecule has 5 heteroatoms. The molecule has 1 spiro atoms. The molecule has 0 aromatic heterocycles. The Labute approximate surface area is 160 Å². The van der Waals surface area contributed by atoms with Crippen molar-refractivity contribution in [1.82, 2.24) is 4.90 Å². The van der Waals surface area contributed by atoms with Gasteiger partial charge in [-0.25, -0.2) is 4.39 Å². The van der Waals surface area contributed by atoms with Gasteiger partial charge in [0.15, 0.2) is 0 Å². The van der Waals surface area contributed by atoms with Gasteiger partial charge in [-0.05, 0) is 42.7 Å². The molecule has 2 fully saturated rings. The number of methoxy groups -OCH3 is 2. The highest BCUT2D eigenvalue weighted by atomic mass is 19.1. The Hall–Kier alpha value is -2.27. The minimum Gasteiger partial charge on any atom is -0.497 e. The van der Waals surface area contributed by atoms with E-state index < -0.39 is 0 Å². The SMILES string of the molecule is COc1ccc(CN2CC3(C2)C(C)CCN3c2ccc(F)cc2)c(OC)c1. The predicted octanol–water partition coefficient (Wildman–Crippen LogP) is 3.94. The van der Waals surface area contributed by atoms with E-state index in [-0.39, 0.29) is 11.4 Å². The summed E-state index contributed by atoms with van der Waals surface area (Å²) < 4.78 is 24.2. The maximum atomic E-state index is 13.3. The zero-order chi connectivity index (χ0) is 19.0. The van der Waals surface area contributed by atoms with E-state index in [0.29, 0.717) is 5.92 Å². The Morgan fingerprint density at radius 1 is 1.07 bits per heavy atom. The second-order valence-electron chi connectivity index (χ2n) is 7.74. The molecule has 2 aromatic rings. The fraction of sp³-hybridized carbons (Fsp3) is 0.455. The van der Waals surface area contributed by atoms with Crippen LogP contribution in [0.5, 0.6) is 11.5 Å². The first-order valence-electron chi connectivity index (χ1n) is 9.52. The molecule has 144 valence electrons. The summed E-state index contributed by atoms with van der Waals surface area (Å²) in [5, 5.41) is 0. The molecule has 0 saturated carbocycles. The number of nitrogens with zero attached hydrogens (tertiary/aromatic N) is 2. The van der Waals surface area contributed by atoms with Crippen molar-refractivity contribution in [2.75, 3.05) is 38.8 Å². The molecule has 2 saturated heterocycles. The molecule has 2 aliphatic rings. The van der Waals surface area contributed by atoms with Gasteiger partial charge in [-0.2, -0.15) is 0 Å². The van der Waals surface area contributed by atoms with Gasteiger partial charge in [-0.3, -0.25) is 4.90 Å². The molecular formula is C22H27FN2O2. The van der Waals surface area contributed by atoms with Crippen LogP contribution in [0.4, 0.5) is 10.1 Å². The van der Waals surface area contributed by atoms with E-state index in [0.717, 1.165) is 43.4 Å². The average molecular weight is 370 g/mol. The van der Waals surface area contributed by atoms with Crippen LogP contribution in [0.1, 0.15) is 18.9 Å². The van der Waals surface area contributed by atoms with Crippen LogP contribution in [-0.4, -0.2) is 44.3 Å². The molecule has 1 unspecified atom stereocenters. The first kappa shape index (κ1) is 18.1. The lowest BCUT2D eigenvalue weighted by molar-refractivity contribution is 0.0386. The molecular weight excluding hydrogens is 343 g/mol. The zero-order valence-electron chi connectivity index (χ0n) is 16.2. The third kappa shape index (κ3) is 3.14. The lowest BCUT2D eigenvalue weighted by atomic mass is 9.78. The Morgan fingerprint density at radius 3 is 2.48 bits per heavy atom. The van der Waals surface area contributed by atoms with E-state index in [2.05, 4.69) is 22.8 Å². The van der Waals surface area contributed by atoms with Crippen molar-refractivity contribution in [3.05, 3.63) is 53.8 Å². The van der Waals surface area contributed by atoms with Crippen LogP contribution in [-0.2, 0) is 6.54 Å². The number of benzene rings is 2. The topological polar surface area (TPSA) is 24.9 Å².